The molecule has 16 heavy (non-hydrogen) atoms. The highest BCUT2D eigenvalue weighted by Crippen LogP contribution is 2.40. The van der Waals surface area contributed by atoms with Gasteiger partial charge in [-0.2, -0.15) is 0 Å². The highest BCUT2D eigenvalue weighted by Gasteiger charge is 2.24. The molecule has 0 saturated carbocycles. The highest BCUT2D eigenvalue weighted by atomic mass is 32.2. The first-order valence-corrected chi connectivity index (χ1v) is 7.57. The SMILES string of the molecule is CSc1ccc2c(c1)SC(CCO)C(C)N2. The average Bonchev–Trinajstić information content (AvgIpc) is 2.30. The van der Waals surface area contributed by atoms with Crippen LogP contribution in [0.5, 0.6) is 0 Å². The Bertz CT molecular complexity index is 370. The number of fused-ring (bicyclic) bond motifs is 1. The van der Waals surface area contributed by atoms with E-state index >= 15 is 0 Å². The second-order valence-electron chi connectivity index (χ2n) is 3.96. The molecular weight excluding hydrogens is 238 g/mol. The van der Waals surface area contributed by atoms with E-state index in [2.05, 4.69) is 36.7 Å². The topological polar surface area (TPSA) is 32.3 Å². The number of benzene rings is 1. The zero-order valence-electron chi connectivity index (χ0n) is 9.56. The zero-order chi connectivity index (χ0) is 11.5. The third kappa shape index (κ3) is 2.50. The normalized spacial score (nSPS) is 23.7. The average molecular weight is 255 g/mol. The van der Waals surface area contributed by atoms with Gasteiger partial charge in [-0.25, -0.2) is 0 Å². The molecule has 2 N–H and O–H groups in total. The lowest BCUT2D eigenvalue weighted by Crippen LogP contribution is -2.32. The molecule has 2 nitrogen and oxygen atoms in total. The summed E-state index contributed by atoms with van der Waals surface area (Å²) in [6.45, 7) is 2.44. The van der Waals surface area contributed by atoms with Gasteiger partial charge in [-0.15, -0.1) is 23.5 Å². The van der Waals surface area contributed by atoms with Crippen LogP contribution in [0.15, 0.2) is 28.0 Å². The van der Waals surface area contributed by atoms with E-state index in [9.17, 15) is 0 Å². The van der Waals surface area contributed by atoms with Gasteiger partial charge in [0.05, 0.1) is 0 Å². The van der Waals surface area contributed by atoms with Gasteiger partial charge in [0.15, 0.2) is 0 Å². The van der Waals surface area contributed by atoms with Crippen molar-refractivity contribution in [3.05, 3.63) is 18.2 Å². The standard InChI is InChI=1S/C12H17NOS2/c1-8-11(5-6-14)16-12-7-9(15-2)3-4-10(12)13-8/h3-4,7-8,11,13-14H,5-6H2,1-2H3. The number of thioether (sulfide) groups is 2. The summed E-state index contributed by atoms with van der Waals surface area (Å²) < 4.78 is 0. The summed E-state index contributed by atoms with van der Waals surface area (Å²) in [4.78, 5) is 2.61. The van der Waals surface area contributed by atoms with Crippen molar-refractivity contribution in [2.75, 3.05) is 18.2 Å². The molecule has 0 spiro atoms. The van der Waals surface area contributed by atoms with Crippen LogP contribution < -0.4 is 5.32 Å². The van der Waals surface area contributed by atoms with E-state index in [0.29, 0.717) is 11.3 Å². The molecule has 0 fully saturated rings. The van der Waals surface area contributed by atoms with Gasteiger partial charge in [-0.3, -0.25) is 0 Å². The van der Waals surface area contributed by atoms with Crippen molar-refractivity contribution < 1.29 is 5.11 Å². The Morgan fingerprint density at radius 2 is 2.31 bits per heavy atom. The number of nitrogens with one attached hydrogen (secondary N) is 1. The molecule has 1 aliphatic rings. The summed E-state index contributed by atoms with van der Waals surface area (Å²) in [5, 5.41) is 13.0. The van der Waals surface area contributed by atoms with Gasteiger partial charge < -0.3 is 10.4 Å². The molecule has 4 heteroatoms. The van der Waals surface area contributed by atoms with Gasteiger partial charge in [0.2, 0.25) is 0 Å². The van der Waals surface area contributed by atoms with E-state index < -0.39 is 0 Å². The van der Waals surface area contributed by atoms with Crippen molar-refractivity contribution in [2.45, 2.75) is 34.4 Å². The van der Waals surface area contributed by atoms with E-state index in [1.165, 1.54) is 15.5 Å². The predicted molar refractivity (Wildman–Crippen MR) is 72.7 cm³/mol. The zero-order valence-corrected chi connectivity index (χ0v) is 11.2. The fourth-order valence-electron chi connectivity index (χ4n) is 1.89. The largest absolute Gasteiger partial charge is 0.396 e. The second kappa shape index (κ2) is 5.34. The summed E-state index contributed by atoms with van der Waals surface area (Å²) in [6, 6.07) is 6.95. The van der Waals surface area contributed by atoms with Crippen LogP contribution in [0.25, 0.3) is 0 Å². The van der Waals surface area contributed by atoms with Crippen molar-refractivity contribution in [1.82, 2.24) is 0 Å². The Kier molecular flexibility index (Phi) is 4.05. The first-order chi connectivity index (χ1) is 7.74. The number of rotatable bonds is 3. The fraction of sp³-hybridized carbons (Fsp3) is 0.500. The Balaban J connectivity index is 2.22. The Morgan fingerprint density at radius 3 is 3.00 bits per heavy atom. The van der Waals surface area contributed by atoms with Gasteiger partial charge in [0.25, 0.3) is 0 Å². The lowest BCUT2D eigenvalue weighted by Gasteiger charge is -2.31. The first-order valence-electron chi connectivity index (χ1n) is 5.46. The highest BCUT2D eigenvalue weighted by molar-refractivity contribution is 8.00. The number of hydrogen-bond acceptors (Lipinski definition) is 4. The van der Waals surface area contributed by atoms with Crippen LogP contribution in [-0.4, -0.2) is 29.3 Å². The molecule has 88 valence electrons. The minimum absolute atomic E-state index is 0.265. The molecule has 0 aliphatic carbocycles. The third-order valence-electron chi connectivity index (χ3n) is 2.82. The molecule has 0 radical (unpaired) electrons. The van der Waals surface area contributed by atoms with Crippen molar-refractivity contribution in [2.24, 2.45) is 0 Å². The van der Waals surface area contributed by atoms with Crippen LogP contribution in [0.2, 0.25) is 0 Å². The van der Waals surface area contributed by atoms with Crippen LogP contribution in [0, 0.1) is 0 Å². The quantitative estimate of drug-likeness (QED) is 0.813. The molecule has 1 aromatic carbocycles. The van der Waals surface area contributed by atoms with Crippen LogP contribution in [-0.2, 0) is 0 Å². The minimum Gasteiger partial charge on any atom is -0.396 e. The van der Waals surface area contributed by atoms with Crippen LogP contribution in [0.4, 0.5) is 5.69 Å². The van der Waals surface area contributed by atoms with E-state index in [1.807, 2.05) is 11.8 Å². The third-order valence-corrected chi connectivity index (χ3v) is 5.09. The van der Waals surface area contributed by atoms with Crippen LogP contribution in [0.3, 0.4) is 0 Å². The van der Waals surface area contributed by atoms with E-state index in [1.54, 1.807) is 11.8 Å². The van der Waals surface area contributed by atoms with Crippen LogP contribution in [0.1, 0.15) is 13.3 Å². The van der Waals surface area contributed by atoms with Gasteiger partial charge in [-0.1, -0.05) is 0 Å². The summed E-state index contributed by atoms with van der Waals surface area (Å²) in [6.07, 6.45) is 2.94. The maximum Gasteiger partial charge on any atom is 0.0481 e. The first kappa shape index (κ1) is 12.1. The Labute approximate surface area is 105 Å². The Morgan fingerprint density at radius 1 is 1.50 bits per heavy atom. The van der Waals surface area contributed by atoms with E-state index in [0.717, 1.165) is 6.42 Å². The van der Waals surface area contributed by atoms with E-state index in [4.69, 9.17) is 5.11 Å². The van der Waals surface area contributed by atoms with Gasteiger partial charge in [0, 0.05) is 33.4 Å². The molecule has 0 amide bonds. The van der Waals surface area contributed by atoms with Crippen molar-refractivity contribution in [3.63, 3.8) is 0 Å². The second-order valence-corrected chi connectivity index (χ2v) is 6.12. The summed E-state index contributed by atoms with van der Waals surface area (Å²) in [5.41, 5.74) is 1.23. The molecular formula is C12H17NOS2. The van der Waals surface area contributed by atoms with Gasteiger partial charge >= 0.3 is 0 Å². The molecule has 1 heterocycles. The summed E-state index contributed by atoms with van der Waals surface area (Å²) in [7, 11) is 0. The maximum atomic E-state index is 9.04. The molecule has 1 aliphatic heterocycles. The minimum atomic E-state index is 0.265. The smallest absolute Gasteiger partial charge is 0.0481 e. The van der Waals surface area contributed by atoms with Crippen molar-refractivity contribution in [3.8, 4) is 0 Å². The maximum absolute atomic E-state index is 9.04. The molecule has 1 aromatic rings. The van der Waals surface area contributed by atoms with E-state index in [-0.39, 0.29) is 6.61 Å². The molecule has 2 atom stereocenters. The van der Waals surface area contributed by atoms with Gasteiger partial charge in [-0.05, 0) is 37.8 Å². The number of aliphatic hydroxyl groups is 1. The molecule has 0 bridgehead atoms. The number of anilines is 1. The summed E-state index contributed by atoms with van der Waals surface area (Å²) in [5.74, 6) is 0. The molecule has 0 aromatic heterocycles. The predicted octanol–water partition coefficient (Wildman–Crippen LogP) is 3.07. The number of hydrogen-bond donors (Lipinski definition) is 2. The molecule has 2 unspecified atom stereocenters. The lowest BCUT2D eigenvalue weighted by molar-refractivity contribution is 0.284. The number of aliphatic hydroxyl groups excluding tert-OH is 1. The molecule has 0 saturated heterocycles. The van der Waals surface area contributed by atoms with Crippen LogP contribution >= 0.6 is 23.5 Å². The van der Waals surface area contributed by atoms with Crippen molar-refractivity contribution >= 4 is 29.2 Å². The van der Waals surface area contributed by atoms with Crippen molar-refractivity contribution in [1.29, 1.82) is 0 Å². The monoisotopic (exact) mass is 255 g/mol. The molecule has 2 rings (SSSR count). The lowest BCUT2D eigenvalue weighted by atomic mass is 10.1. The summed E-state index contributed by atoms with van der Waals surface area (Å²) >= 11 is 3.65. The Hall–Kier alpha value is -0.320. The fourth-order valence-corrected chi connectivity index (χ4v) is 3.67. The van der Waals surface area contributed by atoms with Gasteiger partial charge in [0.1, 0.15) is 0 Å².